The number of hydrogen-bond donors (Lipinski definition) is 1. The second-order valence-electron chi connectivity index (χ2n) is 4.18. The quantitative estimate of drug-likeness (QED) is 0.895. The number of halogens is 1. The van der Waals surface area contributed by atoms with Gasteiger partial charge in [-0.3, -0.25) is 0 Å². The molecule has 1 fully saturated rings. The van der Waals surface area contributed by atoms with Crippen molar-refractivity contribution in [2.75, 3.05) is 25.9 Å². The lowest BCUT2D eigenvalue weighted by Crippen LogP contribution is -2.47. The molecule has 6 heteroatoms. The van der Waals surface area contributed by atoms with Crippen molar-refractivity contribution in [1.29, 1.82) is 0 Å². The van der Waals surface area contributed by atoms with Crippen LogP contribution in [0.4, 0.5) is 0 Å². The van der Waals surface area contributed by atoms with Crippen molar-refractivity contribution in [3.63, 3.8) is 0 Å². The van der Waals surface area contributed by atoms with Crippen molar-refractivity contribution < 1.29 is 8.42 Å². The Kier molecular flexibility index (Phi) is 3.87. The standard InChI is InChI=1S/C11H15BrN2O2S/c1-17(15,16)14-6-5-13-11(8-14)9-3-2-4-10(12)7-9/h2-4,7,11,13H,5-6,8H2,1H3. The third kappa shape index (κ3) is 3.28. The highest BCUT2D eigenvalue weighted by atomic mass is 79.9. The summed E-state index contributed by atoms with van der Waals surface area (Å²) in [5, 5.41) is 3.34. The van der Waals surface area contributed by atoms with E-state index in [0.717, 1.165) is 10.0 Å². The highest BCUT2D eigenvalue weighted by Gasteiger charge is 2.26. The first-order chi connectivity index (χ1) is 7.97. The van der Waals surface area contributed by atoms with E-state index in [1.807, 2.05) is 24.3 Å². The summed E-state index contributed by atoms with van der Waals surface area (Å²) in [7, 11) is -3.10. The second-order valence-corrected chi connectivity index (χ2v) is 7.08. The zero-order chi connectivity index (χ0) is 12.5. The second kappa shape index (κ2) is 5.06. The smallest absolute Gasteiger partial charge is 0.211 e. The van der Waals surface area contributed by atoms with E-state index in [-0.39, 0.29) is 6.04 Å². The first kappa shape index (κ1) is 13.0. The molecule has 0 saturated carbocycles. The van der Waals surface area contributed by atoms with Crippen molar-refractivity contribution in [1.82, 2.24) is 9.62 Å². The van der Waals surface area contributed by atoms with Gasteiger partial charge in [0.05, 0.1) is 6.26 Å². The summed E-state index contributed by atoms with van der Waals surface area (Å²) < 4.78 is 25.6. The van der Waals surface area contributed by atoms with Crippen molar-refractivity contribution in [3.05, 3.63) is 34.3 Å². The van der Waals surface area contributed by atoms with Crippen LogP contribution in [0.5, 0.6) is 0 Å². The summed E-state index contributed by atoms with van der Waals surface area (Å²) in [6.45, 7) is 1.73. The Morgan fingerprint density at radius 2 is 2.24 bits per heavy atom. The molecule has 2 rings (SSSR count). The van der Waals surface area contributed by atoms with Gasteiger partial charge in [0.2, 0.25) is 10.0 Å². The number of nitrogens with one attached hydrogen (secondary N) is 1. The summed E-state index contributed by atoms with van der Waals surface area (Å²) in [6, 6.07) is 8.01. The van der Waals surface area contributed by atoms with Crippen LogP contribution in [0, 0.1) is 0 Å². The lowest BCUT2D eigenvalue weighted by molar-refractivity contribution is 0.303. The predicted molar refractivity (Wildman–Crippen MR) is 71.3 cm³/mol. The van der Waals surface area contributed by atoms with E-state index in [2.05, 4.69) is 21.2 Å². The van der Waals surface area contributed by atoms with Crippen molar-refractivity contribution in [2.45, 2.75) is 6.04 Å². The third-order valence-corrected chi connectivity index (χ3v) is 4.62. The highest BCUT2D eigenvalue weighted by Crippen LogP contribution is 2.21. The normalized spacial score (nSPS) is 22.6. The van der Waals surface area contributed by atoms with E-state index in [9.17, 15) is 8.42 Å². The molecule has 0 aromatic heterocycles. The fraction of sp³-hybridized carbons (Fsp3) is 0.455. The molecule has 1 heterocycles. The lowest BCUT2D eigenvalue weighted by Gasteiger charge is -2.32. The first-order valence-electron chi connectivity index (χ1n) is 5.41. The molecule has 1 aromatic rings. The van der Waals surface area contributed by atoms with Gasteiger partial charge in [-0.05, 0) is 17.7 Å². The Morgan fingerprint density at radius 3 is 2.88 bits per heavy atom. The van der Waals surface area contributed by atoms with E-state index in [1.165, 1.54) is 10.6 Å². The van der Waals surface area contributed by atoms with Crippen LogP contribution in [-0.4, -0.2) is 38.6 Å². The van der Waals surface area contributed by atoms with Gasteiger partial charge >= 0.3 is 0 Å². The molecule has 0 aliphatic carbocycles. The van der Waals surface area contributed by atoms with Gasteiger partial charge in [0.15, 0.2) is 0 Å². The minimum Gasteiger partial charge on any atom is -0.308 e. The molecule has 1 unspecified atom stereocenters. The van der Waals surface area contributed by atoms with Crippen molar-refractivity contribution >= 4 is 26.0 Å². The maximum atomic E-state index is 11.5. The number of nitrogens with zero attached hydrogens (tertiary/aromatic N) is 1. The average molecular weight is 319 g/mol. The Labute approximate surface area is 110 Å². The van der Waals surface area contributed by atoms with E-state index >= 15 is 0 Å². The molecule has 1 saturated heterocycles. The fourth-order valence-electron chi connectivity index (χ4n) is 1.97. The Morgan fingerprint density at radius 1 is 1.47 bits per heavy atom. The lowest BCUT2D eigenvalue weighted by atomic mass is 10.1. The Hall–Kier alpha value is -0.430. The minimum atomic E-state index is -3.10. The molecule has 17 heavy (non-hydrogen) atoms. The predicted octanol–water partition coefficient (Wildman–Crippen LogP) is 1.35. The summed E-state index contributed by atoms with van der Waals surface area (Å²) in [5.41, 5.74) is 1.10. The summed E-state index contributed by atoms with van der Waals surface area (Å²) >= 11 is 3.42. The van der Waals surface area contributed by atoms with Crippen LogP contribution in [0.2, 0.25) is 0 Å². The largest absolute Gasteiger partial charge is 0.308 e. The van der Waals surface area contributed by atoms with E-state index in [4.69, 9.17) is 0 Å². The average Bonchev–Trinajstić information content (AvgIpc) is 2.28. The molecule has 1 atom stereocenters. The van der Waals surface area contributed by atoms with E-state index in [1.54, 1.807) is 0 Å². The maximum absolute atomic E-state index is 11.5. The number of piperazine rings is 1. The highest BCUT2D eigenvalue weighted by molar-refractivity contribution is 9.10. The van der Waals surface area contributed by atoms with Crippen LogP contribution in [-0.2, 0) is 10.0 Å². The van der Waals surface area contributed by atoms with Gasteiger partial charge in [0.25, 0.3) is 0 Å². The van der Waals surface area contributed by atoms with Crippen LogP contribution < -0.4 is 5.32 Å². The van der Waals surface area contributed by atoms with Crippen molar-refractivity contribution in [2.24, 2.45) is 0 Å². The molecule has 0 radical (unpaired) electrons. The summed E-state index contributed by atoms with van der Waals surface area (Å²) in [5.74, 6) is 0. The van der Waals surface area contributed by atoms with Crippen LogP contribution in [0.1, 0.15) is 11.6 Å². The SMILES string of the molecule is CS(=O)(=O)N1CCNC(c2cccc(Br)c2)C1. The zero-order valence-corrected chi connectivity index (χ0v) is 12.0. The van der Waals surface area contributed by atoms with Gasteiger partial charge in [0, 0.05) is 30.1 Å². The monoisotopic (exact) mass is 318 g/mol. The zero-order valence-electron chi connectivity index (χ0n) is 9.56. The minimum absolute atomic E-state index is 0.0657. The molecule has 1 aromatic carbocycles. The van der Waals surface area contributed by atoms with Gasteiger partial charge in [-0.25, -0.2) is 8.42 Å². The molecule has 0 spiro atoms. The summed E-state index contributed by atoms with van der Waals surface area (Å²) in [4.78, 5) is 0. The van der Waals surface area contributed by atoms with Crippen LogP contribution in [0.25, 0.3) is 0 Å². The van der Waals surface area contributed by atoms with Crippen molar-refractivity contribution in [3.8, 4) is 0 Å². The molecular weight excluding hydrogens is 304 g/mol. The van der Waals surface area contributed by atoms with Gasteiger partial charge in [-0.15, -0.1) is 0 Å². The molecule has 1 N–H and O–H groups in total. The van der Waals surface area contributed by atoms with Gasteiger partial charge in [0.1, 0.15) is 0 Å². The van der Waals surface area contributed by atoms with Gasteiger partial charge in [-0.1, -0.05) is 28.1 Å². The number of sulfonamides is 1. The Bertz CT molecular complexity index is 504. The molecule has 0 bridgehead atoms. The summed E-state index contributed by atoms with van der Waals surface area (Å²) in [6.07, 6.45) is 1.26. The number of benzene rings is 1. The van der Waals surface area contributed by atoms with Gasteiger partial charge < -0.3 is 5.32 Å². The molecule has 4 nitrogen and oxygen atoms in total. The van der Waals surface area contributed by atoms with E-state index < -0.39 is 10.0 Å². The maximum Gasteiger partial charge on any atom is 0.211 e. The molecule has 94 valence electrons. The third-order valence-electron chi connectivity index (χ3n) is 2.86. The Balaban J connectivity index is 2.18. The van der Waals surface area contributed by atoms with Crippen LogP contribution in [0.3, 0.4) is 0 Å². The molecule has 0 amide bonds. The number of hydrogen-bond acceptors (Lipinski definition) is 3. The van der Waals surface area contributed by atoms with E-state index in [0.29, 0.717) is 19.6 Å². The molecular formula is C11H15BrN2O2S. The molecule has 1 aliphatic rings. The molecule has 1 aliphatic heterocycles. The number of rotatable bonds is 2. The topological polar surface area (TPSA) is 49.4 Å². The fourth-order valence-corrected chi connectivity index (χ4v) is 3.23. The van der Waals surface area contributed by atoms with Crippen LogP contribution in [0.15, 0.2) is 28.7 Å². The van der Waals surface area contributed by atoms with Crippen LogP contribution >= 0.6 is 15.9 Å². The first-order valence-corrected chi connectivity index (χ1v) is 8.05. The van der Waals surface area contributed by atoms with Gasteiger partial charge in [-0.2, -0.15) is 4.31 Å².